The Labute approximate surface area is 173 Å². The van der Waals surface area contributed by atoms with E-state index in [2.05, 4.69) is 4.98 Å². The molecule has 0 radical (unpaired) electrons. The highest BCUT2D eigenvalue weighted by Gasteiger charge is 2.20. The van der Waals surface area contributed by atoms with E-state index in [0.717, 1.165) is 31.4 Å². The van der Waals surface area contributed by atoms with Crippen molar-refractivity contribution in [2.45, 2.75) is 25.8 Å². The fourth-order valence-corrected chi connectivity index (χ4v) is 3.79. The van der Waals surface area contributed by atoms with E-state index in [-0.39, 0.29) is 17.4 Å². The van der Waals surface area contributed by atoms with E-state index in [1.165, 1.54) is 0 Å². The summed E-state index contributed by atoms with van der Waals surface area (Å²) in [6.07, 6.45) is 2.72. The molecule has 2 aromatic carbocycles. The molecule has 8 heteroatoms. The summed E-state index contributed by atoms with van der Waals surface area (Å²) < 4.78 is 7.39. The number of amidine groups is 1. The number of nitrogens with two attached hydrogens (primary N) is 1. The van der Waals surface area contributed by atoms with Gasteiger partial charge in [0, 0.05) is 30.8 Å². The van der Waals surface area contributed by atoms with Crippen LogP contribution in [-0.2, 0) is 6.54 Å². The number of likely N-dealkylation sites (tertiary alicyclic amines) is 1. The molecule has 1 aliphatic heterocycles. The van der Waals surface area contributed by atoms with Gasteiger partial charge in [0.05, 0.1) is 17.6 Å². The van der Waals surface area contributed by atoms with Gasteiger partial charge in [-0.1, -0.05) is 12.1 Å². The maximum atomic E-state index is 12.6. The van der Waals surface area contributed by atoms with E-state index in [1.807, 2.05) is 17.0 Å². The number of fused-ring (bicyclic) bond motifs is 1. The van der Waals surface area contributed by atoms with Crippen LogP contribution < -0.4 is 16.2 Å². The first-order valence-electron chi connectivity index (χ1n) is 10.1. The van der Waals surface area contributed by atoms with Gasteiger partial charge >= 0.3 is 5.69 Å². The van der Waals surface area contributed by atoms with Gasteiger partial charge in [0.2, 0.25) is 0 Å². The van der Waals surface area contributed by atoms with Gasteiger partial charge in [-0.2, -0.15) is 0 Å². The van der Waals surface area contributed by atoms with Gasteiger partial charge in [-0.15, -0.1) is 0 Å². The van der Waals surface area contributed by atoms with Gasteiger partial charge in [-0.25, -0.2) is 4.79 Å². The quantitative estimate of drug-likeness (QED) is 0.316. The van der Waals surface area contributed by atoms with Crippen LogP contribution in [0.3, 0.4) is 0 Å². The van der Waals surface area contributed by atoms with Gasteiger partial charge in [0.15, 0.2) is 0 Å². The zero-order valence-corrected chi connectivity index (χ0v) is 16.7. The number of nitrogen functional groups attached to an aromatic ring is 1. The minimum Gasteiger partial charge on any atom is -0.494 e. The average molecular weight is 407 g/mol. The number of imidazole rings is 1. The molecular formula is C22H25N5O3. The summed E-state index contributed by atoms with van der Waals surface area (Å²) in [5.74, 6) is 0.650. The maximum absolute atomic E-state index is 12.6. The molecule has 1 saturated heterocycles. The normalized spacial score (nSPS) is 13.7. The molecule has 30 heavy (non-hydrogen) atoms. The Balaban J connectivity index is 1.41. The summed E-state index contributed by atoms with van der Waals surface area (Å²) in [7, 11) is 0. The maximum Gasteiger partial charge on any atom is 0.326 e. The predicted molar refractivity (Wildman–Crippen MR) is 115 cm³/mol. The number of nitrogens with zero attached hydrogens (tertiary/aromatic N) is 2. The summed E-state index contributed by atoms with van der Waals surface area (Å²) in [6.45, 7) is 2.50. The Bertz CT molecular complexity index is 1140. The highest BCUT2D eigenvalue weighted by atomic mass is 16.5. The van der Waals surface area contributed by atoms with E-state index < -0.39 is 0 Å². The van der Waals surface area contributed by atoms with E-state index in [1.54, 1.807) is 34.9 Å². The van der Waals surface area contributed by atoms with E-state index in [0.29, 0.717) is 42.0 Å². The number of H-pyrrole nitrogens is 1. The van der Waals surface area contributed by atoms with Crippen LogP contribution in [0.4, 0.5) is 0 Å². The molecule has 1 aromatic heterocycles. The number of aryl methyl sites for hydroxylation is 1. The standard InChI is InChI=1S/C22H25N5O3/c23-20(24)15-5-3-6-17(13-15)30-12-4-11-27-19-8-7-16(14-18(19)25-22(27)29)21(28)26-9-1-2-10-26/h3,5-8,13-14H,1-2,4,9-12H2,(H3,23,24)(H,25,29). The monoisotopic (exact) mass is 407 g/mol. The van der Waals surface area contributed by atoms with Gasteiger partial charge < -0.3 is 20.4 Å². The first-order valence-corrected chi connectivity index (χ1v) is 10.1. The lowest BCUT2D eigenvalue weighted by Crippen LogP contribution is -2.27. The highest BCUT2D eigenvalue weighted by molar-refractivity contribution is 5.97. The minimum absolute atomic E-state index is 0.00613. The molecule has 0 atom stereocenters. The SMILES string of the molecule is N=C(N)c1cccc(OCCCn2c(=O)[nH]c3cc(C(=O)N4CCCC4)ccc32)c1. The van der Waals surface area contributed by atoms with Crippen LogP contribution in [0, 0.1) is 5.41 Å². The van der Waals surface area contributed by atoms with Crippen molar-refractivity contribution in [2.24, 2.45) is 5.73 Å². The molecule has 1 fully saturated rings. The molecular weight excluding hydrogens is 382 g/mol. The lowest BCUT2D eigenvalue weighted by atomic mass is 10.1. The van der Waals surface area contributed by atoms with Crippen LogP contribution in [0.15, 0.2) is 47.3 Å². The summed E-state index contributed by atoms with van der Waals surface area (Å²) in [4.78, 5) is 29.7. The van der Waals surface area contributed by atoms with Gasteiger partial charge in [-0.3, -0.25) is 14.8 Å². The number of amides is 1. The van der Waals surface area contributed by atoms with Crippen LogP contribution in [-0.4, -0.2) is 45.9 Å². The summed E-state index contributed by atoms with van der Waals surface area (Å²) >= 11 is 0. The van der Waals surface area contributed by atoms with Crippen molar-refractivity contribution in [3.8, 4) is 5.75 Å². The molecule has 8 nitrogen and oxygen atoms in total. The number of carbonyl (C=O) groups is 1. The van der Waals surface area contributed by atoms with Crippen molar-refractivity contribution in [1.29, 1.82) is 5.41 Å². The molecule has 0 saturated carbocycles. The number of benzene rings is 2. The summed E-state index contributed by atoms with van der Waals surface area (Å²) in [6, 6.07) is 12.4. The molecule has 0 spiro atoms. The molecule has 3 aromatic rings. The third-order valence-corrected chi connectivity index (χ3v) is 5.35. The molecule has 0 aliphatic carbocycles. The summed E-state index contributed by atoms with van der Waals surface area (Å²) in [5, 5.41) is 7.49. The van der Waals surface area contributed by atoms with Crippen molar-refractivity contribution in [1.82, 2.24) is 14.5 Å². The number of ether oxygens (including phenoxy) is 1. The van der Waals surface area contributed by atoms with Crippen molar-refractivity contribution in [3.05, 3.63) is 64.1 Å². The third-order valence-electron chi connectivity index (χ3n) is 5.35. The predicted octanol–water partition coefficient (Wildman–Crippen LogP) is 2.32. The lowest BCUT2D eigenvalue weighted by Gasteiger charge is -2.15. The van der Waals surface area contributed by atoms with E-state index in [9.17, 15) is 9.59 Å². The molecule has 156 valence electrons. The van der Waals surface area contributed by atoms with E-state index >= 15 is 0 Å². The summed E-state index contributed by atoms with van der Waals surface area (Å²) in [5.41, 5.74) is 7.95. The Kier molecular flexibility index (Phi) is 5.56. The fourth-order valence-electron chi connectivity index (χ4n) is 3.79. The Hall–Kier alpha value is -3.55. The molecule has 0 unspecified atom stereocenters. The molecule has 1 amide bonds. The Morgan fingerprint density at radius 1 is 1.13 bits per heavy atom. The van der Waals surface area contributed by atoms with Crippen LogP contribution in [0.1, 0.15) is 35.2 Å². The largest absolute Gasteiger partial charge is 0.494 e. The van der Waals surface area contributed by atoms with Crippen molar-refractivity contribution in [2.75, 3.05) is 19.7 Å². The Morgan fingerprint density at radius 3 is 2.70 bits per heavy atom. The average Bonchev–Trinajstić information content (AvgIpc) is 3.38. The highest BCUT2D eigenvalue weighted by Crippen LogP contribution is 2.18. The van der Waals surface area contributed by atoms with Crippen molar-refractivity contribution < 1.29 is 9.53 Å². The molecule has 4 rings (SSSR count). The third kappa shape index (κ3) is 4.07. The minimum atomic E-state index is -0.200. The number of rotatable bonds is 7. The van der Waals surface area contributed by atoms with Crippen LogP contribution >= 0.6 is 0 Å². The molecule has 4 N–H and O–H groups in total. The number of aromatic amines is 1. The second-order valence-electron chi connectivity index (χ2n) is 7.46. The fraction of sp³-hybridized carbons (Fsp3) is 0.318. The van der Waals surface area contributed by atoms with Crippen LogP contribution in [0.25, 0.3) is 11.0 Å². The lowest BCUT2D eigenvalue weighted by molar-refractivity contribution is 0.0793. The first kappa shape index (κ1) is 19.8. The first-order chi connectivity index (χ1) is 14.5. The molecule has 2 heterocycles. The van der Waals surface area contributed by atoms with Gasteiger partial charge in [0.25, 0.3) is 5.91 Å². The van der Waals surface area contributed by atoms with Crippen LogP contribution in [0.5, 0.6) is 5.75 Å². The van der Waals surface area contributed by atoms with E-state index in [4.69, 9.17) is 15.9 Å². The second-order valence-corrected chi connectivity index (χ2v) is 7.46. The van der Waals surface area contributed by atoms with Crippen molar-refractivity contribution in [3.63, 3.8) is 0 Å². The zero-order valence-electron chi connectivity index (χ0n) is 16.7. The second kappa shape index (κ2) is 8.44. The number of nitrogens with one attached hydrogen (secondary N) is 2. The smallest absolute Gasteiger partial charge is 0.326 e. The number of carbonyl (C=O) groups excluding carboxylic acids is 1. The molecule has 0 bridgehead atoms. The van der Waals surface area contributed by atoms with Gasteiger partial charge in [0.1, 0.15) is 11.6 Å². The zero-order chi connectivity index (χ0) is 21.1. The van der Waals surface area contributed by atoms with Crippen LogP contribution in [0.2, 0.25) is 0 Å². The Morgan fingerprint density at radius 2 is 1.93 bits per heavy atom. The molecule has 1 aliphatic rings. The van der Waals surface area contributed by atoms with Gasteiger partial charge in [-0.05, 0) is 49.6 Å². The van der Waals surface area contributed by atoms with Crippen molar-refractivity contribution >= 4 is 22.8 Å². The number of hydrogen-bond acceptors (Lipinski definition) is 4. The topological polar surface area (TPSA) is 117 Å². The number of hydrogen-bond donors (Lipinski definition) is 3. The number of aromatic nitrogens is 2.